The minimum atomic E-state index is -4.30. The van der Waals surface area contributed by atoms with Crippen molar-refractivity contribution in [3.63, 3.8) is 0 Å². The molecular formula is C53H91NO7P+. The van der Waals surface area contributed by atoms with Gasteiger partial charge >= 0.3 is 13.8 Å². The number of carbonyl (C=O) groups excluding carboxylic acids is 1. The van der Waals surface area contributed by atoms with E-state index in [4.69, 9.17) is 18.5 Å². The number of hydrogen-bond donors (Lipinski definition) is 1. The summed E-state index contributed by atoms with van der Waals surface area (Å²) in [5, 5.41) is 0. The Hall–Kier alpha value is -2.84. The van der Waals surface area contributed by atoms with Crippen LogP contribution in [-0.2, 0) is 27.9 Å². The number of phosphoric ester groups is 1. The van der Waals surface area contributed by atoms with E-state index in [9.17, 15) is 14.3 Å². The van der Waals surface area contributed by atoms with Gasteiger partial charge in [0.1, 0.15) is 19.3 Å². The first-order valence-electron chi connectivity index (χ1n) is 24.1. The van der Waals surface area contributed by atoms with Crippen LogP contribution in [0.4, 0.5) is 0 Å². The average Bonchev–Trinajstić information content (AvgIpc) is 3.23. The number of phosphoric acid groups is 1. The van der Waals surface area contributed by atoms with E-state index in [0.29, 0.717) is 24.1 Å². The molecule has 0 aliphatic carbocycles. The highest BCUT2D eigenvalue weighted by Crippen LogP contribution is 2.43. The number of rotatable bonds is 43. The summed E-state index contributed by atoms with van der Waals surface area (Å²) >= 11 is 0. The maximum absolute atomic E-state index is 12.7. The monoisotopic (exact) mass is 885 g/mol. The molecule has 8 nitrogen and oxygen atoms in total. The van der Waals surface area contributed by atoms with Crippen LogP contribution in [0, 0.1) is 0 Å². The van der Waals surface area contributed by atoms with Crippen molar-refractivity contribution in [3.8, 4) is 0 Å². The summed E-state index contributed by atoms with van der Waals surface area (Å²) < 4.78 is 35.0. The van der Waals surface area contributed by atoms with Crippen LogP contribution in [0.25, 0.3) is 0 Å². The number of ether oxygens (including phenoxy) is 2. The van der Waals surface area contributed by atoms with Gasteiger partial charge in [0.05, 0.1) is 34.4 Å². The van der Waals surface area contributed by atoms with E-state index in [0.717, 1.165) is 109 Å². The highest BCUT2D eigenvalue weighted by atomic mass is 31.2. The molecule has 1 N–H and O–H groups in total. The van der Waals surface area contributed by atoms with Crippen molar-refractivity contribution in [2.75, 3.05) is 54.1 Å². The number of hydrogen-bond acceptors (Lipinski definition) is 6. The lowest BCUT2D eigenvalue weighted by Crippen LogP contribution is -2.37. The van der Waals surface area contributed by atoms with Crippen molar-refractivity contribution in [1.29, 1.82) is 0 Å². The quantitative estimate of drug-likeness (QED) is 0.0214. The number of quaternary nitrogens is 1. The second-order valence-electron chi connectivity index (χ2n) is 16.8. The lowest BCUT2D eigenvalue weighted by atomic mass is 10.1. The van der Waals surface area contributed by atoms with E-state index in [-0.39, 0.29) is 25.8 Å². The van der Waals surface area contributed by atoms with Crippen LogP contribution in [0.3, 0.4) is 0 Å². The van der Waals surface area contributed by atoms with Crippen LogP contribution in [0.5, 0.6) is 0 Å². The molecule has 0 aromatic rings. The summed E-state index contributed by atoms with van der Waals surface area (Å²) in [5.41, 5.74) is 0. The Balaban J connectivity index is 4.33. The van der Waals surface area contributed by atoms with E-state index >= 15 is 0 Å². The van der Waals surface area contributed by atoms with E-state index < -0.39 is 13.9 Å². The lowest BCUT2D eigenvalue weighted by molar-refractivity contribution is -0.870. The van der Waals surface area contributed by atoms with Crippen LogP contribution in [0.2, 0.25) is 0 Å². The van der Waals surface area contributed by atoms with Gasteiger partial charge in [0.2, 0.25) is 0 Å². The minimum absolute atomic E-state index is 0.0704. The summed E-state index contributed by atoms with van der Waals surface area (Å²) in [6, 6.07) is 0. The van der Waals surface area contributed by atoms with Gasteiger partial charge in [-0.2, -0.15) is 0 Å². The predicted molar refractivity (Wildman–Crippen MR) is 265 cm³/mol. The highest BCUT2D eigenvalue weighted by Gasteiger charge is 2.26. The van der Waals surface area contributed by atoms with Gasteiger partial charge in [-0.05, 0) is 103 Å². The van der Waals surface area contributed by atoms with Gasteiger partial charge < -0.3 is 18.9 Å². The zero-order valence-electron chi connectivity index (χ0n) is 40.1. The fourth-order valence-electron chi connectivity index (χ4n) is 5.85. The van der Waals surface area contributed by atoms with Gasteiger partial charge in [0, 0.05) is 13.0 Å². The molecule has 0 spiro atoms. The van der Waals surface area contributed by atoms with E-state index in [1.165, 1.54) is 32.1 Å². The van der Waals surface area contributed by atoms with E-state index in [2.05, 4.69) is 123 Å². The zero-order valence-corrected chi connectivity index (χ0v) is 41.0. The first-order valence-corrected chi connectivity index (χ1v) is 25.6. The Labute approximate surface area is 380 Å². The summed E-state index contributed by atoms with van der Waals surface area (Å²) in [6.07, 6.45) is 62.8. The molecule has 0 amide bonds. The van der Waals surface area contributed by atoms with Crippen LogP contribution in [0.15, 0.2) is 109 Å². The van der Waals surface area contributed by atoms with E-state index in [1.807, 2.05) is 21.1 Å². The third-order valence-corrected chi connectivity index (χ3v) is 10.6. The molecule has 62 heavy (non-hydrogen) atoms. The number of unbranched alkanes of at least 4 members (excludes halogenated alkanes) is 11. The van der Waals surface area contributed by atoms with Gasteiger partial charge in [-0.25, -0.2) is 4.57 Å². The molecule has 0 heterocycles. The summed E-state index contributed by atoms with van der Waals surface area (Å²) in [6.45, 7) is 5.32. The molecule has 0 saturated heterocycles. The molecule has 0 aromatic heterocycles. The van der Waals surface area contributed by atoms with Crippen molar-refractivity contribution in [1.82, 2.24) is 0 Å². The SMILES string of the molecule is CC/C=C\C/C=C\C/C=C\C/C=C\C/C=C\C/C=C\C/C=C\CCCCOCC(COP(=O)(O)OCC[N+](C)(C)C)OC(=O)CCCCCCC/C=C\C/C=C\CCCCCC. The molecule has 0 saturated carbocycles. The van der Waals surface area contributed by atoms with Crippen molar-refractivity contribution in [2.24, 2.45) is 0 Å². The molecule has 9 heteroatoms. The summed E-state index contributed by atoms with van der Waals surface area (Å²) in [5.74, 6) is -0.348. The average molecular weight is 885 g/mol. The van der Waals surface area contributed by atoms with Gasteiger partial charge in [0.15, 0.2) is 0 Å². The predicted octanol–water partition coefficient (Wildman–Crippen LogP) is 14.8. The lowest BCUT2D eigenvalue weighted by Gasteiger charge is -2.24. The Kier molecular flexibility index (Phi) is 42.7. The number of likely N-dealkylation sites (N-methyl/N-ethyl adjacent to an activating group) is 1. The van der Waals surface area contributed by atoms with Gasteiger partial charge in [-0.1, -0.05) is 162 Å². The second kappa shape index (κ2) is 44.8. The normalized spacial score (nSPS) is 14.6. The molecule has 0 rings (SSSR count). The standard InChI is InChI=1S/C53H90NO7P/c1-6-8-10-12-14-16-18-20-22-24-25-26-27-28-29-30-31-33-35-37-39-41-43-45-48-58-50-52(51-60-62(56,57)59-49-47-54(3,4)5)61-53(55)46-44-42-40-38-36-34-32-23-21-19-17-15-13-11-9-7-2/h8,10,14,16-17,19-20,22-23,25-26,28-29,31-33,37,39,52H,6-7,9,11-13,15,18,21,24,27,30,34-36,38,40-51H2,1-5H3/p+1/b10-8-,16-14-,19-17-,22-20-,26-25-,29-28-,32-23-,33-31-,39-37-. The van der Waals surface area contributed by atoms with Gasteiger partial charge in [-0.3, -0.25) is 13.8 Å². The van der Waals surface area contributed by atoms with Crippen molar-refractivity contribution < 1.29 is 37.3 Å². The van der Waals surface area contributed by atoms with Gasteiger partial charge in [0.25, 0.3) is 0 Å². The molecular weight excluding hydrogens is 794 g/mol. The largest absolute Gasteiger partial charge is 0.472 e. The van der Waals surface area contributed by atoms with Crippen molar-refractivity contribution in [3.05, 3.63) is 109 Å². The maximum atomic E-state index is 12.7. The first kappa shape index (κ1) is 59.2. The Morgan fingerprint density at radius 1 is 0.516 bits per heavy atom. The number of nitrogens with zero attached hydrogens (tertiary/aromatic N) is 1. The smallest absolute Gasteiger partial charge is 0.457 e. The molecule has 0 aliphatic rings. The molecule has 0 aliphatic heterocycles. The van der Waals surface area contributed by atoms with Gasteiger partial charge in [-0.15, -0.1) is 0 Å². The molecule has 0 aromatic carbocycles. The molecule has 2 atom stereocenters. The van der Waals surface area contributed by atoms with E-state index in [1.54, 1.807) is 0 Å². The molecule has 354 valence electrons. The fraction of sp³-hybridized carbons (Fsp3) is 0.642. The van der Waals surface area contributed by atoms with Crippen LogP contribution >= 0.6 is 7.82 Å². The third-order valence-electron chi connectivity index (χ3n) is 9.57. The zero-order chi connectivity index (χ0) is 45.5. The molecule has 0 bridgehead atoms. The molecule has 0 radical (unpaired) electrons. The maximum Gasteiger partial charge on any atom is 0.472 e. The fourth-order valence-corrected chi connectivity index (χ4v) is 6.60. The van der Waals surface area contributed by atoms with Crippen LogP contribution in [-0.4, -0.2) is 75.6 Å². The Morgan fingerprint density at radius 3 is 1.40 bits per heavy atom. The Bertz CT molecular complexity index is 1350. The number of carbonyl (C=O) groups is 1. The van der Waals surface area contributed by atoms with Crippen molar-refractivity contribution >= 4 is 13.8 Å². The molecule has 2 unspecified atom stereocenters. The topological polar surface area (TPSA) is 91.3 Å². The van der Waals surface area contributed by atoms with Crippen LogP contribution in [0.1, 0.15) is 162 Å². The second-order valence-corrected chi connectivity index (χ2v) is 18.2. The Morgan fingerprint density at radius 2 is 0.935 bits per heavy atom. The summed E-state index contributed by atoms with van der Waals surface area (Å²) in [4.78, 5) is 22.9. The highest BCUT2D eigenvalue weighted by molar-refractivity contribution is 7.47. The van der Waals surface area contributed by atoms with Crippen LogP contribution < -0.4 is 0 Å². The number of esters is 1. The first-order chi connectivity index (χ1) is 30.1. The number of allylic oxidation sites excluding steroid dienone is 18. The molecule has 0 fully saturated rings. The summed E-state index contributed by atoms with van der Waals surface area (Å²) in [7, 11) is 1.61. The van der Waals surface area contributed by atoms with Crippen molar-refractivity contribution in [2.45, 2.75) is 168 Å². The minimum Gasteiger partial charge on any atom is -0.457 e. The third kappa shape index (κ3) is 48.2.